The molecule has 0 spiro atoms. The summed E-state index contributed by atoms with van der Waals surface area (Å²) in [6, 6.07) is 3.64. The molecule has 2 heterocycles. The lowest BCUT2D eigenvalue weighted by molar-refractivity contribution is -0.116. The Morgan fingerprint density at radius 1 is 1.44 bits per heavy atom. The lowest BCUT2D eigenvalue weighted by atomic mass is 10.2. The van der Waals surface area contributed by atoms with Gasteiger partial charge in [0.25, 0.3) is 0 Å². The summed E-state index contributed by atoms with van der Waals surface area (Å²) in [7, 11) is 0. The van der Waals surface area contributed by atoms with E-state index in [1.807, 2.05) is 25.3 Å². The molecule has 0 saturated heterocycles. The molecule has 2 rings (SSSR count). The zero-order valence-electron chi connectivity index (χ0n) is 10.4. The number of amides is 1. The van der Waals surface area contributed by atoms with Crippen molar-refractivity contribution in [2.75, 3.05) is 5.32 Å². The van der Waals surface area contributed by atoms with E-state index in [0.717, 1.165) is 22.1 Å². The molecule has 4 nitrogen and oxygen atoms in total. The van der Waals surface area contributed by atoms with E-state index in [2.05, 4.69) is 15.3 Å². The monoisotopic (exact) mass is 261 g/mol. The first-order valence-electron chi connectivity index (χ1n) is 5.77. The van der Waals surface area contributed by atoms with E-state index in [9.17, 15) is 4.79 Å². The van der Waals surface area contributed by atoms with Crippen LogP contribution in [0.25, 0.3) is 0 Å². The van der Waals surface area contributed by atoms with Crippen LogP contribution in [0.5, 0.6) is 0 Å². The van der Waals surface area contributed by atoms with Crippen LogP contribution in [0.1, 0.15) is 22.8 Å². The van der Waals surface area contributed by atoms with Crippen molar-refractivity contribution < 1.29 is 4.79 Å². The molecule has 0 bridgehead atoms. The maximum atomic E-state index is 11.7. The molecular formula is C13H15N3OS. The lowest BCUT2D eigenvalue weighted by Crippen LogP contribution is -2.12. The Hall–Kier alpha value is -1.75. The summed E-state index contributed by atoms with van der Waals surface area (Å²) in [6.45, 7) is 3.86. The van der Waals surface area contributed by atoms with Crippen molar-refractivity contribution in [2.45, 2.75) is 26.7 Å². The van der Waals surface area contributed by atoms with Crippen molar-refractivity contribution in [2.24, 2.45) is 0 Å². The number of nitrogens with one attached hydrogen (secondary N) is 1. The fourth-order valence-electron chi connectivity index (χ4n) is 1.61. The third-order valence-electron chi connectivity index (χ3n) is 2.46. The maximum absolute atomic E-state index is 11.7. The van der Waals surface area contributed by atoms with Crippen LogP contribution < -0.4 is 5.32 Å². The van der Waals surface area contributed by atoms with Crippen LogP contribution in [0.3, 0.4) is 0 Å². The summed E-state index contributed by atoms with van der Waals surface area (Å²) in [5.74, 6) is 0.00579. The van der Waals surface area contributed by atoms with Crippen LogP contribution >= 0.6 is 11.3 Å². The van der Waals surface area contributed by atoms with E-state index < -0.39 is 0 Å². The van der Waals surface area contributed by atoms with Gasteiger partial charge in [0.1, 0.15) is 0 Å². The predicted octanol–water partition coefficient (Wildman–Crippen LogP) is 2.73. The Labute approximate surface area is 110 Å². The first-order chi connectivity index (χ1) is 8.63. The molecule has 0 fully saturated rings. The number of carbonyl (C=O) groups is 1. The zero-order chi connectivity index (χ0) is 13.0. The highest BCUT2D eigenvalue weighted by molar-refractivity contribution is 7.09. The van der Waals surface area contributed by atoms with Gasteiger partial charge in [-0.2, -0.15) is 0 Å². The summed E-state index contributed by atoms with van der Waals surface area (Å²) in [6.07, 6.45) is 2.82. The van der Waals surface area contributed by atoms with Crippen molar-refractivity contribution in [3.63, 3.8) is 0 Å². The molecule has 5 heteroatoms. The van der Waals surface area contributed by atoms with E-state index in [-0.39, 0.29) is 5.91 Å². The Balaban J connectivity index is 1.85. The van der Waals surface area contributed by atoms with Crippen molar-refractivity contribution >= 4 is 22.9 Å². The van der Waals surface area contributed by atoms with Gasteiger partial charge >= 0.3 is 0 Å². The minimum Gasteiger partial charge on any atom is -0.326 e. The maximum Gasteiger partial charge on any atom is 0.224 e. The number of thiazole rings is 1. The molecule has 18 heavy (non-hydrogen) atoms. The quantitative estimate of drug-likeness (QED) is 0.920. The number of carbonyl (C=O) groups excluding carboxylic acids is 1. The van der Waals surface area contributed by atoms with Crippen LogP contribution in [-0.4, -0.2) is 15.9 Å². The van der Waals surface area contributed by atoms with Crippen LogP contribution in [0.4, 0.5) is 5.69 Å². The molecule has 94 valence electrons. The molecule has 0 saturated carbocycles. The number of anilines is 1. The number of aryl methyl sites for hydroxylation is 3. The summed E-state index contributed by atoms with van der Waals surface area (Å²) >= 11 is 1.61. The Bertz CT molecular complexity index is 551. The summed E-state index contributed by atoms with van der Waals surface area (Å²) in [4.78, 5) is 20.2. The van der Waals surface area contributed by atoms with E-state index in [4.69, 9.17) is 0 Å². The smallest absolute Gasteiger partial charge is 0.224 e. The van der Waals surface area contributed by atoms with Crippen LogP contribution in [0.2, 0.25) is 0 Å². The second-order valence-electron chi connectivity index (χ2n) is 4.09. The zero-order valence-corrected chi connectivity index (χ0v) is 11.3. The van der Waals surface area contributed by atoms with Crippen molar-refractivity contribution in [3.8, 4) is 0 Å². The van der Waals surface area contributed by atoms with Crippen molar-refractivity contribution in [1.82, 2.24) is 9.97 Å². The van der Waals surface area contributed by atoms with Gasteiger partial charge in [0.15, 0.2) is 0 Å². The highest BCUT2D eigenvalue weighted by atomic mass is 32.1. The number of hydrogen-bond donors (Lipinski definition) is 1. The van der Waals surface area contributed by atoms with Gasteiger partial charge in [-0.3, -0.25) is 9.78 Å². The molecule has 2 aromatic heterocycles. The van der Waals surface area contributed by atoms with E-state index >= 15 is 0 Å². The topological polar surface area (TPSA) is 54.9 Å². The molecule has 1 amide bonds. The second kappa shape index (κ2) is 5.73. The highest BCUT2D eigenvalue weighted by Crippen LogP contribution is 2.11. The average molecular weight is 261 g/mol. The van der Waals surface area contributed by atoms with Crippen molar-refractivity contribution in [3.05, 3.63) is 40.1 Å². The molecule has 2 aromatic rings. The largest absolute Gasteiger partial charge is 0.326 e. The van der Waals surface area contributed by atoms with Crippen LogP contribution in [0, 0.1) is 13.8 Å². The Morgan fingerprint density at radius 3 is 2.94 bits per heavy atom. The molecule has 0 aliphatic carbocycles. The minimum atomic E-state index is 0.00579. The third kappa shape index (κ3) is 3.63. The van der Waals surface area contributed by atoms with Gasteiger partial charge in [0, 0.05) is 29.4 Å². The number of hydrogen-bond acceptors (Lipinski definition) is 4. The Morgan fingerprint density at radius 2 is 2.28 bits per heavy atom. The van der Waals surface area contributed by atoms with Gasteiger partial charge in [-0.25, -0.2) is 4.98 Å². The summed E-state index contributed by atoms with van der Waals surface area (Å²) < 4.78 is 0. The highest BCUT2D eigenvalue weighted by Gasteiger charge is 2.05. The predicted molar refractivity (Wildman–Crippen MR) is 72.8 cm³/mol. The SMILES string of the molecule is Cc1cc(NC(=O)CCc2csc(C)n2)ccn1. The van der Waals surface area contributed by atoms with E-state index in [0.29, 0.717) is 12.8 Å². The van der Waals surface area contributed by atoms with Gasteiger partial charge in [-0.15, -0.1) is 11.3 Å². The van der Waals surface area contributed by atoms with Crippen LogP contribution in [-0.2, 0) is 11.2 Å². The average Bonchev–Trinajstić information content (AvgIpc) is 2.73. The lowest BCUT2D eigenvalue weighted by Gasteiger charge is -2.04. The van der Waals surface area contributed by atoms with Crippen LogP contribution in [0.15, 0.2) is 23.7 Å². The molecule has 0 radical (unpaired) electrons. The van der Waals surface area contributed by atoms with Gasteiger partial charge in [-0.1, -0.05) is 0 Å². The van der Waals surface area contributed by atoms with Gasteiger partial charge in [0.2, 0.25) is 5.91 Å². The third-order valence-corrected chi connectivity index (χ3v) is 3.28. The molecule has 1 N–H and O–H groups in total. The number of nitrogens with zero attached hydrogens (tertiary/aromatic N) is 2. The van der Waals surface area contributed by atoms with Gasteiger partial charge in [0.05, 0.1) is 10.7 Å². The van der Waals surface area contributed by atoms with E-state index in [1.165, 1.54) is 0 Å². The minimum absolute atomic E-state index is 0.00579. The van der Waals surface area contributed by atoms with Gasteiger partial charge < -0.3 is 5.32 Å². The fraction of sp³-hybridized carbons (Fsp3) is 0.308. The van der Waals surface area contributed by atoms with Crippen molar-refractivity contribution in [1.29, 1.82) is 0 Å². The van der Waals surface area contributed by atoms with E-state index in [1.54, 1.807) is 23.6 Å². The number of pyridine rings is 1. The van der Waals surface area contributed by atoms with Gasteiger partial charge in [-0.05, 0) is 32.4 Å². The standard InChI is InChI=1S/C13H15N3OS/c1-9-7-11(5-6-14-9)16-13(17)4-3-12-8-18-10(2)15-12/h5-8H,3-4H2,1-2H3,(H,14,16,17). The first-order valence-corrected chi connectivity index (χ1v) is 6.65. The molecule has 0 atom stereocenters. The molecular weight excluding hydrogens is 246 g/mol. The Kier molecular flexibility index (Phi) is 4.04. The normalized spacial score (nSPS) is 10.3. The second-order valence-corrected chi connectivity index (χ2v) is 5.15. The summed E-state index contributed by atoms with van der Waals surface area (Å²) in [5, 5.41) is 5.89. The number of aromatic nitrogens is 2. The first kappa shape index (κ1) is 12.7. The molecule has 0 aliphatic rings. The molecule has 0 aromatic carbocycles. The number of rotatable bonds is 4. The summed E-state index contributed by atoms with van der Waals surface area (Å²) in [5.41, 5.74) is 2.67. The molecule has 0 unspecified atom stereocenters. The molecule has 0 aliphatic heterocycles. The fourth-order valence-corrected chi connectivity index (χ4v) is 2.26.